The first-order valence-electron chi connectivity index (χ1n) is 4.44. The molecule has 0 aromatic heterocycles. The molecule has 0 fully saturated rings. The quantitative estimate of drug-likeness (QED) is 0.843. The van der Waals surface area contributed by atoms with Crippen molar-refractivity contribution in [1.82, 2.24) is 0 Å². The summed E-state index contributed by atoms with van der Waals surface area (Å²) in [6, 6.07) is 4.88. The molecule has 16 heavy (non-hydrogen) atoms. The monoisotopic (exact) mass is 246 g/mol. The number of benzene rings is 1. The molecule has 0 heterocycles. The molecule has 0 radical (unpaired) electrons. The Labute approximate surface area is 94.5 Å². The maximum Gasteiger partial charge on any atom is 0.322 e. The van der Waals surface area contributed by atoms with Crippen LogP contribution in [0.5, 0.6) is 0 Å². The maximum atomic E-state index is 12.6. The summed E-state index contributed by atoms with van der Waals surface area (Å²) < 4.78 is 29.1. The van der Waals surface area contributed by atoms with Crippen LogP contribution in [0.2, 0.25) is 0 Å². The summed E-state index contributed by atoms with van der Waals surface area (Å²) in [7, 11) is -0.420. The van der Waals surface area contributed by atoms with E-state index in [0.29, 0.717) is 0 Å². The Hall–Kier alpha value is -1.27. The number of methoxy groups -OCH3 is 1. The minimum Gasteiger partial charge on any atom is -0.480 e. The molecule has 0 aliphatic carbocycles. The Morgan fingerprint density at radius 3 is 2.50 bits per heavy atom. The van der Waals surface area contributed by atoms with Gasteiger partial charge in [-0.25, -0.2) is 4.39 Å². The van der Waals surface area contributed by atoms with Crippen molar-refractivity contribution >= 4 is 16.8 Å². The van der Waals surface area contributed by atoms with E-state index in [0.717, 1.165) is 12.1 Å². The molecule has 1 rings (SSSR count). The molecule has 6 heteroatoms. The molecule has 0 saturated heterocycles. The minimum atomic E-state index is -1.75. The number of carboxylic acids is 1. The second kappa shape index (κ2) is 5.72. The van der Waals surface area contributed by atoms with Gasteiger partial charge in [-0.15, -0.1) is 0 Å². The molecule has 0 aliphatic rings. The number of aliphatic carboxylic acids is 1. The fourth-order valence-corrected chi connectivity index (χ4v) is 2.28. The second-order valence-corrected chi connectivity index (χ2v) is 4.67. The van der Waals surface area contributed by atoms with Crippen LogP contribution >= 0.6 is 0 Å². The highest BCUT2D eigenvalue weighted by atomic mass is 32.2. The molecule has 0 amide bonds. The minimum absolute atomic E-state index is 0.153. The highest BCUT2D eigenvalue weighted by Crippen LogP contribution is 2.13. The predicted octanol–water partition coefficient (Wildman–Crippen LogP) is 1.03. The summed E-state index contributed by atoms with van der Waals surface area (Å²) in [6.07, 6.45) is 0. The highest BCUT2D eigenvalue weighted by molar-refractivity contribution is 7.86. The fraction of sp³-hybridized carbons (Fsp3) is 0.300. The average Bonchev–Trinajstić information content (AvgIpc) is 2.25. The number of ether oxygens (including phenoxy) is 1. The van der Waals surface area contributed by atoms with Crippen molar-refractivity contribution < 1.29 is 23.2 Å². The number of carbonyl (C=O) groups is 1. The van der Waals surface area contributed by atoms with Crippen molar-refractivity contribution in [3.05, 3.63) is 30.1 Å². The zero-order chi connectivity index (χ0) is 12.1. The van der Waals surface area contributed by atoms with E-state index in [2.05, 4.69) is 4.74 Å². The summed E-state index contributed by atoms with van der Waals surface area (Å²) in [4.78, 5) is 11.1. The first kappa shape index (κ1) is 12.8. The molecule has 0 bridgehead atoms. The molecule has 0 spiro atoms. The molecular weight excluding hydrogens is 235 g/mol. The third kappa shape index (κ3) is 3.11. The van der Waals surface area contributed by atoms with Crippen LogP contribution in [0, 0.1) is 5.82 Å². The lowest BCUT2D eigenvalue weighted by Gasteiger charge is -2.10. The lowest BCUT2D eigenvalue weighted by Crippen LogP contribution is -2.30. The largest absolute Gasteiger partial charge is 0.480 e. The van der Waals surface area contributed by atoms with E-state index in [-0.39, 0.29) is 11.5 Å². The third-order valence-electron chi connectivity index (χ3n) is 1.90. The standard InChI is InChI=1S/C10H11FO4S/c1-15-6-9(10(12)13)16(14)8-4-2-7(11)3-5-8/h2-5,9H,6H2,1H3,(H,12,13). The van der Waals surface area contributed by atoms with Crippen molar-refractivity contribution in [3.63, 3.8) is 0 Å². The van der Waals surface area contributed by atoms with Gasteiger partial charge in [0.15, 0.2) is 5.25 Å². The van der Waals surface area contributed by atoms with E-state index in [9.17, 15) is 13.4 Å². The Bertz CT molecular complexity index is 390. The molecule has 4 nitrogen and oxygen atoms in total. The van der Waals surface area contributed by atoms with Crippen LogP contribution in [-0.2, 0) is 20.3 Å². The first-order chi connectivity index (χ1) is 7.56. The van der Waals surface area contributed by atoms with E-state index in [1.807, 2.05) is 0 Å². The summed E-state index contributed by atoms with van der Waals surface area (Å²) in [5.74, 6) is -1.66. The van der Waals surface area contributed by atoms with Crippen LogP contribution in [0.4, 0.5) is 4.39 Å². The number of carboxylic acid groups (broad SMARTS) is 1. The maximum absolute atomic E-state index is 12.6. The molecule has 0 saturated carbocycles. The third-order valence-corrected chi connectivity index (χ3v) is 3.49. The highest BCUT2D eigenvalue weighted by Gasteiger charge is 2.25. The first-order valence-corrected chi connectivity index (χ1v) is 5.65. The van der Waals surface area contributed by atoms with E-state index in [1.54, 1.807) is 0 Å². The van der Waals surface area contributed by atoms with E-state index in [1.165, 1.54) is 19.2 Å². The van der Waals surface area contributed by atoms with E-state index >= 15 is 0 Å². The molecule has 0 aliphatic heterocycles. The number of rotatable bonds is 5. The van der Waals surface area contributed by atoms with Crippen molar-refractivity contribution in [1.29, 1.82) is 0 Å². The second-order valence-electron chi connectivity index (χ2n) is 3.03. The number of hydrogen-bond acceptors (Lipinski definition) is 3. The Kier molecular flexibility index (Phi) is 4.57. The Morgan fingerprint density at radius 1 is 1.50 bits per heavy atom. The topological polar surface area (TPSA) is 63.6 Å². The van der Waals surface area contributed by atoms with Gasteiger partial charge in [0.05, 0.1) is 17.4 Å². The van der Waals surface area contributed by atoms with Gasteiger partial charge in [0, 0.05) is 12.0 Å². The zero-order valence-corrected chi connectivity index (χ0v) is 9.37. The van der Waals surface area contributed by atoms with Crippen molar-refractivity contribution in [2.45, 2.75) is 10.1 Å². The summed E-state index contributed by atoms with van der Waals surface area (Å²) in [6.45, 7) is -0.153. The lowest BCUT2D eigenvalue weighted by molar-refractivity contribution is -0.137. The van der Waals surface area contributed by atoms with Crippen molar-refractivity contribution in [3.8, 4) is 0 Å². The van der Waals surface area contributed by atoms with Gasteiger partial charge in [-0.2, -0.15) is 0 Å². The predicted molar refractivity (Wildman–Crippen MR) is 56.1 cm³/mol. The van der Waals surface area contributed by atoms with Gasteiger partial charge >= 0.3 is 5.97 Å². The van der Waals surface area contributed by atoms with Crippen LogP contribution in [0.25, 0.3) is 0 Å². The SMILES string of the molecule is COCC(C(=O)O)S(=O)c1ccc(F)cc1. The van der Waals surface area contributed by atoms with Crippen molar-refractivity contribution in [2.75, 3.05) is 13.7 Å². The van der Waals surface area contributed by atoms with Crippen LogP contribution in [0.3, 0.4) is 0 Å². The van der Waals surface area contributed by atoms with Gasteiger partial charge in [-0.05, 0) is 24.3 Å². The Balaban J connectivity index is 2.90. The van der Waals surface area contributed by atoms with Gasteiger partial charge in [-0.1, -0.05) is 0 Å². The van der Waals surface area contributed by atoms with Gasteiger partial charge < -0.3 is 9.84 Å². The summed E-state index contributed by atoms with van der Waals surface area (Å²) in [5.41, 5.74) is 0. The molecule has 1 aromatic rings. The molecule has 2 atom stereocenters. The van der Waals surface area contributed by atoms with Crippen molar-refractivity contribution in [2.24, 2.45) is 0 Å². The van der Waals surface area contributed by atoms with E-state index < -0.39 is 27.8 Å². The average molecular weight is 246 g/mol. The number of hydrogen-bond donors (Lipinski definition) is 1. The van der Waals surface area contributed by atoms with Crippen LogP contribution < -0.4 is 0 Å². The smallest absolute Gasteiger partial charge is 0.322 e. The Morgan fingerprint density at radius 2 is 2.06 bits per heavy atom. The van der Waals surface area contributed by atoms with Gasteiger partial charge in [-0.3, -0.25) is 9.00 Å². The molecular formula is C10H11FO4S. The summed E-state index contributed by atoms with van der Waals surface area (Å²) in [5, 5.41) is 7.70. The van der Waals surface area contributed by atoms with Gasteiger partial charge in [0.25, 0.3) is 0 Å². The normalized spacial score (nSPS) is 14.4. The van der Waals surface area contributed by atoms with Gasteiger partial charge in [0.2, 0.25) is 0 Å². The lowest BCUT2D eigenvalue weighted by atomic mass is 10.3. The van der Waals surface area contributed by atoms with Crippen LogP contribution in [-0.4, -0.2) is 34.3 Å². The molecule has 88 valence electrons. The van der Waals surface area contributed by atoms with Crippen LogP contribution in [0.15, 0.2) is 29.2 Å². The van der Waals surface area contributed by atoms with Gasteiger partial charge in [0.1, 0.15) is 5.82 Å². The van der Waals surface area contributed by atoms with Crippen LogP contribution in [0.1, 0.15) is 0 Å². The molecule has 2 unspecified atom stereocenters. The molecule has 1 aromatic carbocycles. The number of halogens is 1. The molecule has 1 N–H and O–H groups in total. The fourth-order valence-electron chi connectivity index (χ4n) is 1.11. The van der Waals surface area contributed by atoms with E-state index in [4.69, 9.17) is 5.11 Å². The summed E-state index contributed by atoms with van der Waals surface area (Å²) >= 11 is 0. The zero-order valence-electron chi connectivity index (χ0n) is 8.55.